The average molecular weight is 236 g/mol. The first kappa shape index (κ1) is 11.6. The molecule has 2 rings (SSSR count). The molecule has 0 aromatic carbocycles. The molecule has 0 unspecified atom stereocenters. The van der Waals surface area contributed by atoms with E-state index in [2.05, 4.69) is 15.5 Å². The van der Waals surface area contributed by atoms with Gasteiger partial charge in [-0.2, -0.15) is 10.2 Å². The molecule has 92 valence electrons. The molecule has 0 bridgehead atoms. The molecule has 1 amide bonds. The van der Waals surface area contributed by atoms with Crippen molar-refractivity contribution < 1.29 is 9.90 Å². The van der Waals surface area contributed by atoms with E-state index in [0.717, 1.165) is 25.1 Å². The highest BCUT2D eigenvalue weighted by Crippen LogP contribution is 2.17. The summed E-state index contributed by atoms with van der Waals surface area (Å²) in [5.41, 5.74) is 0.959. The van der Waals surface area contributed by atoms with Gasteiger partial charge in [-0.15, -0.1) is 0 Å². The van der Waals surface area contributed by atoms with Gasteiger partial charge in [-0.3, -0.25) is 0 Å². The van der Waals surface area contributed by atoms with E-state index in [0.29, 0.717) is 19.0 Å². The third kappa shape index (κ3) is 3.30. The minimum Gasteiger partial charge on any atom is -0.465 e. The third-order valence-corrected chi connectivity index (χ3v) is 3.06. The zero-order valence-corrected chi connectivity index (χ0v) is 9.54. The number of nitrogens with zero attached hydrogens (tertiary/aromatic N) is 3. The van der Waals surface area contributed by atoms with Crippen molar-refractivity contribution in [2.45, 2.75) is 12.8 Å². The van der Waals surface area contributed by atoms with Crippen LogP contribution in [0.3, 0.4) is 0 Å². The molecule has 0 aliphatic carbocycles. The lowest BCUT2D eigenvalue weighted by atomic mass is 9.97. The topological polar surface area (TPSA) is 78.4 Å². The van der Waals surface area contributed by atoms with Crippen molar-refractivity contribution in [2.75, 3.05) is 25.0 Å². The van der Waals surface area contributed by atoms with Crippen LogP contribution in [-0.2, 0) is 0 Å². The predicted molar refractivity (Wildman–Crippen MR) is 62.8 cm³/mol. The summed E-state index contributed by atoms with van der Waals surface area (Å²) >= 11 is 0. The van der Waals surface area contributed by atoms with Crippen molar-refractivity contribution in [1.82, 2.24) is 15.1 Å². The molecule has 0 radical (unpaired) electrons. The van der Waals surface area contributed by atoms with Crippen molar-refractivity contribution in [2.24, 2.45) is 5.92 Å². The van der Waals surface area contributed by atoms with Gasteiger partial charge < -0.3 is 15.3 Å². The fourth-order valence-corrected chi connectivity index (χ4v) is 1.99. The van der Waals surface area contributed by atoms with Gasteiger partial charge in [0.1, 0.15) is 0 Å². The quantitative estimate of drug-likeness (QED) is 0.826. The van der Waals surface area contributed by atoms with Crippen LogP contribution in [0.15, 0.2) is 18.5 Å². The lowest BCUT2D eigenvalue weighted by molar-refractivity contribution is 0.126. The van der Waals surface area contributed by atoms with Crippen molar-refractivity contribution >= 4 is 11.8 Å². The molecule has 1 fully saturated rings. The SMILES string of the molecule is O=C(O)N1CCC(CNc2ccnnc2)CC1. The number of nitrogens with one attached hydrogen (secondary N) is 1. The number of aromatic nitrogens is 2. The largest absolute Gasteiger partial charge is 0.465 e. The summed E-state index contributed by atoms with van der Waals surface area (Å²) < 4.78 is 0. The highest BCUT2D eigenvalue weighted by molar-refractivity contribution is 5.64. The molecular formula is C11H16N4O2. The molecule has 1 saturated heterocycles. The molecular weight excluding hydrogens is 220 g/mol. The van der Waals surface area contributed by atoms with Crippen LogP contribution in [0, 0.1) is 5.92 Å². The third-order valence-electron chi connectivity index (χ3n) is 3.06. The van der Waals surface area contributed by atoms with E-state index >= 15 is 0 Å². The number of amides is 1. The summed E-state index contributed by atoms with van der Waals surface area (Å²) in [6.07, 6.45) is 4.35. The Labute approximate surface area is 99.7 Å². The fraction of sp³-hybridized carbons (Fsp3) is 0.545. The van der Waals surface area contributed by atoms with E-state index in [1.54, 1.807) is 12.4 Å². The Hall–Kier alpha value is -1.85. The standard InChI is InChI=1S/C11H16N4O2/c16-11(17)15-5-2-9(3-6-15)7-12-10-1-4-13-14-8-10/h1,4,8-9H,2-3,5-7H2,(H,12,13)(H,16,17). The molecule has 1 aromatic rings. The maximum Gasteiger partial charge on any atom is 0.407 e. The second-order valence-corrected chi connectivity index (χ2v) is 4.23. The highest BCUT2D eigenvalue weighted by atomic mass is 16.4. The Bertz CT molecular complexity index is 363. The Morgan fingerprint density at radius 2 is 2.24 bits per heavy atom. The van der Waals surface area contributed by atoms with Gasteiger partial charge in [0.05, 0.1) is 18.1 Å². The zero-order chi connectivity index (χ0) is 12.1. The molecule has 0 atom stereocenters. The smallest absolute Gasteiger partial charge is 0.407 e. The van der Waals surface area contributed by atoms with E-state index in [9.17, 15) is 4.79 Å². The lowest BCUT2D eigenvalue weighted by Crippen LogP contribution is -2.39. The normalized spacial score (nSPS) is 16.8. The van der Waals surface area contributed by atoms with E-state index < -0.39 is 6.09 Å². The molecule has 1 aliphatic heterocycles. The fourth-order valence-electron chi connectivity index (χ4n) is 1.99. The molecule has 17 heavy (non-hydrogen) atoms. The summed E-state index contributed by atoms with van der Waals surface area (Å²) in [5, 5.41) is 19.6. The van der Waals surface area contributed by atoms with Gasteiger partial charge in [-0.05, 0) is 24.8 Å². The molecule has 0 saturated carbocycles. The number of hydrogen-bond acceptors (Lipinski definition) is 4. The van der Waals surface area contributed by atoms with Crippen LogP contribution < -0.4 is 5.32 Å². The summed E-state index contributed by atoms with van der Waals surface area (Å²) in [6.45, 7) is 2.13. The van der Waals surface area contributed by atoms with Crippen molar-refractivity contribution in [3.05, 3.63) is 18.5 Å². The first-order chi connectivity index (χ1) is 8.25. The minimum atomic E-state index is -0.810. The van der Waals surface area contributed by atoms with Gasteiger partial charge in [0, 0.05) is 19.6 Å². The van der Waals surface area contributed by atoms with Crippen molar-refractivity contribution in [1.29, 1.82) is 0 Å². The van der Waals surface area contributed by atoms with E-state index in [-0.39, 0.29) is 0 Å². The number of rotatable bonds is 3. The monoisotopic (exact) mass is 236 g/mol. The lowest BCUT2D eigenvalue weighted by Gasteiger charge is -2.30. The van der Waals surface area contributed by atoms with Crippen molar-refractivity contribution in [3.63, 3.8) is 0 Å². The Morgan fingerprint density at radius 1 is 1.47 bits per heavy atom. The maximum atomic E-state index is 10.7. The van der Waals surface area contributed by atoms with E-state index in [1.807, 2.05) is 6.07 Å². The predicted octanol–water partition coefficient (Wildman–Crippen LogP) is 1.28. The first-order valence-electron chi connectivity index (χ1n) is 5.74. The van der Waals surface area contributed by atoms with Crippen molar-refractivity contribution in [3.8, 4) is 0 Å². The summed E-state index contributed by atoms with van der Waals surface area (Å²) in [7, 11) is 0. The van der Waals surface area contributed by atoms with Crippen LogP contribution in [0.2, 0.25) is 0 Å². The summed E-state index contributed by atoms with van der Waals surface area (Å²) in [6, 6.07) is 1.87. The second kappa shape index (κ2) is 5.47. The Balaban J connectivity index is 1.74. The van der Waals surface area contributed by atoms with Crippen LogP contribution in [-0.4, -0.2) is 45.9 Å². The molecule has 2 N–H and O–H groups in total. The number of hydrogen-bond donors (Lipinski definition) is 2. The first-order valence-corrected chi connectivity index (χ1v) is 5.74. The number of piperidine rings is 1. The molecule has 0 spiro atoms. The average Bonchev–Trinajstić information content (AvgIpc) is 2.38. The minimum absolute atomic E-state index is 0.527. The van der Waals surface area contributed by atoms with Crippen LogP contribution in [0.4, 0.5) is 10.5 Å². The zero-order valence-electron chi connectivity index (χ0n) is 9.54. The van der Waals surface area contributed by atoms with Crippen LogP contribution in [0.1, 0.15) is 12.8 Å². The molecule has 1 aromatic heterocycles. The summed E-state index contributed by atoms with van der Waals surface area (Å²) in [5.74, 6) is 0.527. The molecule has 1 aliphatic rings. The summed E-state index contributed by atoms with van der Waals surface area (Å²) in [4.78, 5) is 12.2. The number of anilines is 1. The maximum absolute atomic E-state index is 10.7. The van der Waals surface area contributed by atoms with E-state index in [1.165, 1.54) is 4.90 Å². The van der Waals surface area contributed by atoms with Gasteiger partial charge in [0.25, 0.3) is 0 Å². The Kier molecular flexibility index (Phi) is 3.74. The van der Waals surface area contributed by atoms with Gasteiger partial charge in [-0.1, -0.05) is 0 Å². The van der Waals surface area contributed by atoms with Crippen LogP contribution >= 0.6 is 0 Å². The van der Waals surface area contributed by atoms with Gasteiger partial charge >= 0.3 is 6.09 Å². The second-order valence-electron chi connectivity index (χ2n) is 4.23. The van der Waals surface area contributed by atoms with E-state index in [4.69, 9.17) is 5.11 Å². The van der Waals surface area contributed by atoms with Crippen LogP contribution in [0.25, 0.3) is 0 Å². The molecule has 6 nitrogen and oxygen atoms in total. The number of likely N-dealkylation sites (tertiary alicyclic amines) is 1. The molecule has 6 heteroatoms. The van der Waals surface area contributed by atoms with Gasteiger partial charge in [-0.25, -0.2) is 4.79 Å². The van der Waals surface area contributed by atoms with Crippen LogP contribution in [0.5, 0.6) is 0 Å². The Morgan fingerprint density at radius 3 is 2.82 bits per heavy atom. The molecule has 2 heterocycles. The number of carboxylic acid groups (broad SMARTS) is 1. The highest BCUT2D eigenvalue weighted by Gasteiger charge is 2.21. The van der Waals surface area contributed by atoms with Gasteiger partial charge in [0.2, 0.25) is 0 Å². The van der Waals surface area contributed by atoms with Gasteiger partial charge in [0.15, 0.2) is 0 Å². The number of carbonyl (C=O) groups is 1.